The minimum atomic E-state index is -0.358. The molecule has 2 aromatic rings. The standard InChI is InChI=1S/C11H11N3O3/c1-16-11(15)6-12-10-5-8(13-7-14-10)9-3-2-4-17-9/h2-5,7H,6H2,1H3,(H,12,13,14). The third-order valence-corrected chi connectivity index (χ3v) is 2.08. The lowest BCUT2D eigenvalue weighted by Crippen LogP contribution is -2.15. The number of carbonyl (C=O) groups is 1. The molecule has 2 aromatic heterocycles. The van der Waals surface area contributed by atoms with E-state index in [0.29, 0.717) is 17.3 Å². The predicted octanol–water partition coefficient (Wildman–Crippen LogP) is 1.32. The molecular formula is C11H11N3O3. The Morgan fingerprint density at radius 2 is 2.41 bits per heavy atom. The van der Waals surface area contributed by atoms with Crippen LogP contribution < -0.4 is 5.32 Å². The van der Waals surface area contributed by atoms with Gasteiger partial charge in [0, 0.05) is 6.07 Å². The number of hydrogen-bond donors (Lipinski definition) is 1. The first kappa shape index (κ1) is 11.1. The van der Waals surface area contributed by atoms with E-state index in [1.54, 1.807) is 24.5 Å². The lowest BCUT2D eigenvalue weighted by molar-refractivity contribution is -0.138. The van der Waals surface area contributed by atoms with Gasteiger partial charge in [0.2, 0.25) is 0 Å². The van der Waals surface area contributed by atoms with Crippen LogP contribution in [-0.2, 0) is 9.53 Å². The molecule has 0 aliphatic heterocycles. The number of carbonyl (C=O) groups excluding carboxylic acids is 1. The van der Waals surface area contributed by atoms with E-state index in [1.807, 2.05) is 0 Å². The highest BCUT2D eigenvalue weighted by Gasteiger charge is 2.05. The van der Waals surface area contributed by atoms with E-state index in [9.17, 15) is 4.79 Å². The van der Waals surface area contributed by atoms with Crippen LogP contribution in [0.2, 0.25) is 0 Å². The van der Waals surface area contributed by atoms with Crippen LogP contribution in [0.3, 0.4) is 0 Å². The van der Waals surface area contributed by atoms with Crippen LogP contribution in [0, 0.1) is 0 Å². The largest absolute Gasteiger partial charge is 0.468 e. The Balaban J connectivity index is 2.09. The predicted molar refractivity (Wildman–Crippen MR) is 60.2 cm³/mol. The summed E-state index contributed by atoms with van der Waals surface area (Å²) in [6.07, 6.45) is 2.97. The van der Waals surface area contributed by atoms with Crippen molar-refractivity contribution in [2.24, 2.45) is 0 Å². The van der Waals surface area contributed by atoms with Crippen molar-refractivity contribution in [1.29, 1.82) is 0 Å². The molecule has 0 amide bonds. The third kappa shape index (κ3) is 2.81. The highest BCUT2D eigenvalue weighted by Crippen LogP contribution is 2.18. The Labute approximate surface area is 97.6 Å². The van der Waals surface area contributed by atoms with E-state index in [4.69, 9.17) is 4.42 Å². The molecule has 0 radical (unpaired) electrons. The van der Waals surface area contributed by atoms with Gasteiger partial charge in [-0.15, -0.1) is 0 Å². The number of nitrogens with one attached hydrogen (secondary N) is 1. The molecule has 0 aromatic carbocycles. The number of rotatable bonds is 4. The number of ether oxygens (including phenoxy) is 1. The monoisotopic (exact) mass is 233 g/mol. The van der Waals surface area contributed by atoms with Crippen LogP contribution >= 0.6 is 0 Å². The van der Waals surface area contributed by atoms with Gasteiger partial charge in [0.25, 0.3) is 0 Å². The average molecular weight is 233 g/mol. The van der Waals surface area contributed by atoms with Gasteiger partial charge < -0.3 is 14.5 Å². The normalized spacial score (nSPS) is 9.94. The van der Waals surface area contributed by atoms with E-state index in [0.717, 1.165) is 0 Å². The SMILES string of the molecule is COC(=O)CNc1cc(-c2ccco2)ncn1. The highest BCUT2D eigenvalue weighted by atomic mass is 16.5. The topological polar surface area (TPSA) is 77.2 Å². The lowest BCUT2D eigenvalue weighted by atomic mass is 10.3. The fourth-order valence-electron chi connectivity index (χ4n) is 1.25. The molecule has 0 saturated heterocycles. The molecule has 0 fully saturated rings. The van der Waals surface area contributed by atoms with E-state index < -0.39 is 0 Å². The molecule has 0 bridgehead atoms. The van der Waals surface area contributed by atoms with Crippen molar-refractivity contribution in [1.82, 2.24) is 9.97 Å². The van der Waals surface area contributed by atoms with Gasteiger partial charge in [0.15, 0.2) is 5.76 Å². The molecule has 0 spiro atoms. The summed E-state index contributed by atoms with van der Waals surface area (Å²) in [6.45, 7) is 0.0606. The van der Waals surface area contributed by atoms with Crippen molar-refractivity contribution in [2.45, 2.75) is 0 Å². The molecule has 17 heavy (non-hydrogen) atoms. The Hall–Kier alpha value is -2.37. The van der Waals surface area contributed by atoms with E-state index >= 15 is 0 Å². The molecule has 1 N–H and O–H groups in total. The maximum Gasteiger partial charge on any atom is 0.325 e. The van der Waals surface area contributed by atoms with Crippen LogP contribution in [0.25, 0.3) is 11.5 Å². The number of nitrogens with zero attached hydrogens (tertiary/aromatic N) is 2. The average Bonchev–Trinajstić information content (AvgIpc) is 2.90. The van der Waals surface area contributed by atoms with Crippen molar-refractivity contribution in [3.05, 3.63) is 30.8 Å². The minimum absolute atomic E-state index is 0.0606. The quantitative estimate of drug-likeness (QED) is 0.802. The molecule has 6 heteroatoms. The molecular weight excluding hydrogens is 222 g/mol. The molecule has 88 valence electrons. The maximum atomic E-state index is 11.0. The van der Waals surface area contributed by atoms with E-state index in [1.165, 1.54) is 13.4 Å². The summed E-state index contributed by atoms with van der Waals surface area (Å²) in [5, 5.41) is 2.83. The van der Waals surface area contributed by atoms with Gasteiger partial charge in [-0.2, -0.15) is 0 Å². The second-order valence-corrected chi connectivity index (χ2v) is 3.20. The Kier molecular flexibility index (Phi) is 3.34. The summed E-state index contributed by atoms with van der Waals surface area (Å²) in [5.41, 5.74) is 0.650. The summed E-state index contributed by atoms with van der Waals surface area (Å²) >= 11 is 0. The van der Waals surface area contributed by atoms with Crippen LogP contribution in [0.15, 0.2) is 35.2 Å². The fraction of sp³-hybridized carbons (Fsp3) is 0.182. The Morgan fingerprint density at radius 1 is 1.53 bits per heavy atom. The van der Waals surface area contributed by atoms with Gasteiger partial charge in [0.1, 0.15) is 24.4 Å². The minimum Gasteiger partial charge on any atom is -0.468 e. The van der Waals surface area contributed by atoms with Gasteiger partial charge in [-0.05, 0) is 12.1 Å². The molecule has 0 atom stereocenters. The molecule has 0 aliphatic carbocycles. The van der Waals surface area contributed by atoms with E-state index in [2.05, 4.69) is 20.0 Å². The lowest BCUT2D eigenvalue weighted by Gasteiger charge is -2.04. The van der Waals surface area contributed by atoms with Gasteiger partial charge in [-0.3, -0.25) is 4.79 Å². The Morgan fingerprint density at radius 3 is 3.12 bits per heavy atom. The third-order valence-electron chi connectivity index (χ3n) is 2.08. The fourth-order valence-corrected chi connectivity index (χ4v) is 1.25. The summed E-state index contributed by atoms with van der Waals surface area (Å²) < 4.78 is 9.72. The van der Waals surface area contributed by atoms with Gasteiger partial charge in [0.05, 0.1) is 13.4 Å². The van der Waals surface area contributed by atoms with Crippen molar-refractivity contribution in [3.63, 3.8) is 0 Å². The zero-order valence-corrected chi connectivity index (χ0v) is 9.21. The molecule has 6 nitrogen and oxygen atoms in total. The van der Waals surface area contributed by atoms with Crippen LogP contribution in [0.4, 0.5) is 5.82 Å². The first-order valence-corrected chi connectivity index (χ1v) is 4.96. The van der Waals surface area contributed by atoms with Crippen molar-refractivity contribution in [3.8, 4) is 11.5 Å². The van der Waals surface area contributed by atoms with Gasteiger partial charge >= 0.3 is 5.97 Å². The molecule has 0 saturated carbocycles. The highest BCUT2D eigenvalue weighted by molar-refractivity contribution is 5.74. The van der Waals surface area contributed by atoms with Crippen LogP contribution in [0.1, 0.15) is 0 Å². The van der Waals surface area contributed by atoms with Crippen molar-refractivity contribution < 1.29 is 13.9 Å². The van der Waals surface area contributed by atoms with Gasteiger partial charge in [-0.25, -0.2) is 9.97 Å². The smallest absolute Gasteiger partial charge is 0.325 e. The first-order valence-electron chi connectivity index (χ1n) is 4.96. The van der Waals surface area contributed by atoms with Gasteiger partial charge in [-0.1, -0.05) is 0 Å². The number of furan rings is 1. The second-order valence-electron chi connectivity index (χ2n) is 3.20. The number of anilines is 1. The number of aromatic nitrogens is 2. The number of esters is 1. The number of hydrogen-bond acceptors (Lipinski definition) is 6. The summed E-state index contributed by atoms with van der Waals surface area (Å²) in [7, 11) is 1.33. The van der Waals surface area contributed by atoms with E-state index in [-0.39, 0.29) is 12.5 Å². The van der Waals surface area contributed by atoms with Crippen molar-refractivity contribution in [2.75, 3.05) is 19.0 Å². The summed E-state index contributed by atoms with van der Waals surface area (Å²) in [4.78, 5) is 19.0. The molecule has 2 rings (SSSR count). The maximum absolute atomic E-state index is 11.0. The van der Waals surface area contributed by atoms with Crippen LogP contribution in [0.5, 0.6) is 0 Å². The summed E-state index contributed by atoms with van der Waals surface area (Å²) in [5.74, 6) is 0.827. The molecule has 0 aliphatic rings. The Bertz CT molecular complexity index is 496. The number of methoxy groups -OCH3 is 1. The zero-order chi connectivity index (χ0) is 12.1. The second kappa shape index (κ2) is 5.11. The zero-order valence-electron chi connectivity index (χ0n) is 9.21. The van der Waals surface area contributed by atoms with Crippen LogP contribution in [-0.4, -0.2) is 29.6 Å². The molecule has 0 unspecified atom stereocenters. The first-order chi connectivity index (χ1) is 8.29. The molecule has 2 heterocycles. The summed E-state index contributed by atoms with van der Waals surface area (Å²) in [6, 6.07) is 5.27. The van der Waals surface area contributed by atoms with Crippen molar-refractivity contribution >= 4 is 11.8 Å².